The monoisotopic (exact) mass is 416 g/mol. The summed E-state index contributed by atoms with van der Waals surface area (Å²) in [5.74, 6) is -0.373. The zero-order valence-corrected chi connectivity index (χ0v) is 16.7. The topological polar surface area (TPSA) is 102 Å². The van der Waals surface area contributed by atoms with Gasteiger partial charge in [-0.15, -0.1) is 11.6 Å². The van der Waals surface area contributed by atoms with Gasteiger partial charge < -0.3 is 38.3 Å². The lowest BCUT2D eigenvalue weighted by Crippen LogP contribution is -2.14. The molecule has 0 bridgehead atoms. The molecule has 0 aliphatic rings. The van der Waals surface area contributed by atoms with E-state index in [1.807, 2.05) is 0 Å². The first-order valence-corrected chi connectivity index (χ1v) is 9.62. The van der Waals surface area contributed by atoms with Crippen molar-refractivity contribution in [2.24, 2.45) is 0 Å². The van der Waals surface area contributed by atoms with Crippen molar-refractivity contribution in [3.8, 4) is 0 Å². The molecule has 27 heavy (non-hydrogen) atoms. The van der Waals surface area contributed by atoms with E-state index in [1.54, 1.807) is 0 Å². The number of hydrogen-bond acceptors (Lipinski definition) is 8. The molecule has 10 heteroatoms. The van der Waals surface area contributed by atoms with E-state index in [0.29, 0.717) is 91.8 Å². The summed E-state index contributed by atoms with van der Waals surface area (Å²) in [6, 6.07) is 0. The first-order valence-electron chi connectivity index (χ1n) is 9.09. The van der Waals surface area contributed by atoms with Crippen LogP contribution < -0.4 is 0 Å². The molecule has 0 radical (unpaired) electrons. The Labute approximate surface area is 166 Å². The van der Waals surface area contributed by atoms with Gasteiger partial charge in [-0.05, 0) is 0 Å². The van der Waals surface area contributed by atoms with E-state index in [0.717, 1.165) is 0 Å². The van der Waals surface area contributed by atoms with Crippen LogP contribution in [0.4, 0.5) is 0 Å². The number of carbonyl (C=O) groups is 1. The van der Waals surface area contributed by atoms with Crippen LogP contribution in [0.3, 0.4) is 0 Å². The highest BCUT2D eigenvalue weighted by Crippen LogP contribution is 1.86. The number of carboxylic acid groups (broad SMARTS) is 1. The first kappa shape index (κ1) is 26.5. The molecule has 1 N–H and O–H groups in total. The normalized spacial score (nSPS) is 11.1. The number of carboxylic acids is 1. The Kier molecular flexibility index (Phi) is 23.1. The summed E-state index contributed by atoms with van der Waals surface area (Å²) in [6.45, 7) is 6.60. The number of ether oxygens (including phenoxy) is 7. The smallest absolute Gasteiger partial charge is 0.305 e. The third-order valence-electron chi connectivity index (χ3n) is 2.91. The van der Waals surface area contributed by atoms with Gasteiger partial charge in [-0.25, -0.2) is 0 Å². The molecule has 0 unspecified atom stereocenters. The average molecular weight is 417 g/mol. The van der Waals surface area contributed by atoms with Crippen LogP contribution in [0.15, 0.2) is 0 Å². The maximum Gasteiger partial charge on any atom is 0.305 e. The van der Waals surface area contributed by atoms with Crippen LogP contribution in [-0.4, -0.2) is 109 Å². The van der Waals surface area contributed by atoms with Crippen LogP contribution in [0.1, 0.15) is 6.42 Å². The number of alkyl halides is 1. The Bertz CT molecular complexity index is 308. The van der Waals surface area contributed by atoms with Gasteiger partial charge in [0, 0.05) is 5.88 Å². The maximum absolute atomic E-state index is 10.3. The molecule has 0 aliphatic heterocycles. The minimum atomic E-state index is -0.868. The zero-order valence-electron chi connectivity index (χ0n) is 15.9. The standard InChI is InChI=1S/C17H33ClO9/c18-2-4-22-6-8-24-10-12-26-14-16-27-15-13-25-11-9-23-7-5-21-3-1-17(19)20/h1-16H2,(H,19,20). The molecule has 0 fully saturated rings. The van der Waals surface area contributed by atoms with Gasteiger partial charge in [0.05, 0.1) is 98.9 Å². The molecule has 0 saturated heterocycles. The highest BCUT2D eigenvalue weighted by atomic mass is 35.5. The van der Waals surface area contributed by atoms with Crippen molar-refractivity contribution in [1.29, 1.82) is 0 Å². The second-order valence-electron chi connectivity index (χ2n) is 5.12. The van der Waals surface area contributed by atoms with Gasteiger partial charge in [-0.1, -0.05) is 0 Å². The molecular formula is C17H33ClO9. The third kappa shape index (κ3) is 25.5. The lowest BCUT2D eigenvalue weighted by atomic mass is 10.5. The molecule has 162 valence electrons. The highest BCUT2D eigenvalue weighted by molar-refractivity contribution is 6.17. The van der Waals surface area contributed by atoms with Crippen molar-refractivity contribution in [3.63, 3.8) is 0 Å². The van der Waals surface area contributed by atoms with E-state index in [4.69, 9.17) is 49.9 Å². The average Bonchev–Trinajstić information content (AvgIpc) is 2.65. The Morgan fingerprint density at radius 2 is 0.778 bits per heavy atom. The molecule has 0 saturated carbocycles. The summed E-state index contributed by atoms with van der Waals surface area (Å²) in [7, 11) is 0. The summed E-state index contributed by atoms with van der Waals surface area (Å²) in [5, 5.41) is 8.42. The number of halogens is 1. The molecule has 0 aromatic rings. The minimum Gasteiger partial charge on any atom is -0.481 e. The van der Waals surface area contributed by atoms with Crippen LogP contribution in [0, 0.1) is 0 Å². The van der Waals surface area contributed by atoms with Gasteiger partial charge in [0.15, 0.2) is 0 Å². The Morgan fingerprint density at radius 1 is 0.519 bits per heavy atom. The quantitative estimate of drug-likeness (QED) is 0.191. The summed E-state index contributed by atoms with van der Waals surface area (Å²) in [6.07, 6.45) is 0.00673. The van der Waals surface area contributed by atoms with Crippen LogP contribution in [0.5, 0.6) is 0 Å². The summed E-state index contributed by atoms with van der Waals surface area (Å²) < 4.78 is 36.9. The third-order valence-corrected chi connectivity index (χ3v) is 3.07. The van der Waals surface area contributed by atoms with Gasteiger partial charge in [-0.2, -0.15) is 0 Å². The van der Waals surface area contributed by atoms with Gasteiger partial charge in [0.25, 0.3) is 0 Å². The zero-order chi connectivity index (χ0) is 19.8. The Hall–Kier alpha value is -0.520. The Balaban J connectivity index is 2.98. The SMILES string of the molecule is O=C(O)CCOCCOCCOCCOCCOCCOCCOCCCl. The van der Waals surface area contributed by atoms with Crippen molar-refractivity contribution in [1.82, 2.24) is 0 Å². The molecule has 9 nitrogen and oxygen atoms in total. The molecule has 0 atom stereocenters. The molecule has 0 rings (SSSR count). The van der Waals surface area contributed by atoms with Crippen molar-refractivity contribution in [2.45, 2.75) is 6.42 Å². The number of hydrogen-bond donors (Lipinski definition) is 1. The minimum absolute atomic E-state index is 0.00673. The van der Waals surface area contributed by atoms with Crippen LogP contribution in [0.25, 0.3) is 0 Å². The maximum atomic E-state index is 10.3. The molecule has 0 aromatic heterocycles. The fourth-order valence-corrected chi connectivity index (χ4v) is 1.74. The molecule has 0 aliphatic carbocycles. The summed E-state index contributed by atoms with van der Waals surface area (Å²) in [4.78, 5) is 10.3. The van der Waals surface area contributed by atoms with Crippen LogP contribution >= 0.6 is 11.6 Å². The van der Waals surface area contributed by atoms with Gasteiger partial charge in [-0.3, -0.25) is 4.79 Å². The first-order chi connectivity index (χ1) is 13.3. The largest absolute Gasteiger partial charge is 0.481 e. The van der Waals surface area contributed by atoms with E-state index in [9.17, 15) is 4.79 Å². The summed E-state index contributed by atoms with van der Waals surface area (Å²) in [5.41, 5.74) is 0. The fourth-order valence-electron chi connectivity index (χ4n) is 1.64. The second-order valence-corrected chi connectivity index (χ2v) is 5.50. The second kappa shape index (κ2) is 23.5. The molecule has 0 spiro atoms. The molecule has 0 aromatic carbocycles. The Morgan fingerprint density at radius 3 is 1.04 bits per heavy atom. The summed E-state index contributed by atoms with van der Waals surface area (Å²) >= 11 is 5.47. The van der Waals surface area contributed by atoms with E-state index >= 15 is 0 Å². The van der Waals surface area contributed by atoms with Gasteiger partial charge >= 0.3 is 5.97 Å². The lowest BCUT2D eigenvalue weighted by molar-refractivity contribution is -0.138. The van der Waals surface area contributed by atoms with Crippen molar-refractivity contribution >= 4 is 17.6 Å². The van der Waals surface area contributed by atoms with E-state index in [1.165, 1.54) is 0 Å². The van der Waals surface area contributed by atoms with Crippen molar-refractivity contribution in [2.75, 3.05) is 98.4 Å². The van der Waals surface area contributed by atoms with E-state index in [2.05, 4.69) is 0 Å². The number of rotatable bonds is 23. The van der Waals surface area contributed by atoms with Crippen LogP contribution in [0.2, 0.25) is 0 Å². The molecule has 0 heterocycles. The predicted octanol–water partition coefficient (Wildman–Crippen LogP) is 0.816. The van der Waals surface area contributed by atoms with Gasteiger partial charge in [0.1, 0.15) is 0 Å². The van der Waals surface area contributed by atoms with Crippen molar-refractivity contribution < 1.29 is 43.1 Å². The number of aliphatic carboxylic acids is 1. The van der Waals surface area contributed by atoms with Crippen LogP contribution in [-0.2, 0) is 38.0 Å². The predicted molar refractivity (Wildman–Crippen MR) is 98.7 cm³/mol. The molecule has 0 amide bonds. The van der Waals surface area contributed by atoms with Gasteiger partial charge in [0.2, 0.25) is 0 Å². The molecular weight excluding hydrogens is 384 g/mol. The highest BCUT2D eigenvalue weighted by Gasteiger charge is 1.97. The fraction of sp³-hybridized carbons (Fsp3) is 0.941. The van der Waals surface area contributed by atoms with Crippen molar-refractivity contribution in [3.05, 3.63) is 0 Å². The lowest BCUT2D eigenvalue weighted by Gasteiger charge is -2.08. The van der Waals surface area contributed by atoms with E-state index < -0.39 is 5.97 Å². The van der Waals surface area contributed by atoms with E-state index in [-0.39, 0.29) is 13.0 Å².